The van der Waals surface area contributed by atoms with Crippen LogP contribution in [0.5, 0.6) is 0 Å². The first-order chi connectivity index (χ1) is 8.74. The molecule has 2 aromatic rings. The minimum absolute atomic E-state index is 0.659. The fraction of sp³-hybridized carbons (Fsp3) is 0.222. The van der Waals surface area contributed by atoms with E-state index in [1.54, 1.807) is 0 Å². The van der Waals surface area contributed by atoms with Gasteiger partial charge in [0.1, 0.15) is 0 Å². The highest BCUT2D eigenvalue weighted by molar-refractivity contribution is 5.47. The summed E-state index contributed by atoms with van der Waals surface area (Å²) in [6.45, 7) is 6.43. The van der Waals surface area contributed by atoms with E-state index in [0.29, 0.717) is 5.92 Å². The molecule has 2 rings (SSSR count). The van der Waals surface area contributed by atoms with Crippen molar-refractivity contribution < 1.29 is 0 Å². The van der Waals surface area contributed by atoms with Crippen molar-refractivity contribution in [1.29, 1.82) is 0 Å². The Morgan fingerprint density at radius 3 is 1.67 bits per heavy atom. The van der Waals surface area contributed by atoms with E-state index in [9.17, 15) is 0 Å². The van der Waals surface area contributed by atoms with Crippen molar-refractivity contribution >= 4 is 6.08 Å². The summed E-state index contributed by atoms with van der Waals surface area (Å²) < 4.78 is 0. The van der Waals surface area contributed by atoms with Gasteiger partial charge in [-0.2, -0.15) is 0 Å². The van der Waals surface area contributed by atoms with Crippen molar-refractivity contribution in [1.82, 2.24) is 0 Å². The van der Waals surface area contributed by atoms with Crippen LogP contribution in [0.25, 0.3) is 6.08 Å². The molecule has 0 aliphatic carbocycles. The second-order valence-corrected chi connectivity index (χ2v) is 4.48. The van der Waals surface area contributed by atoms with Crippen LogP contribution >= 0.6 is 0 Å². The van der Waals surface area contributed by atoms with Gasteiger partial charge in [0.15, 0.2) is 0 Å². The maximum atomic E-state index is 2.20. The van der Waals surface area contributed by atoms with Crippen molar-refractivity contribution in [3.8, 4) is 0 Å². The predicted molar refractivity (Wildman–Crippen MR) is 81.7 cm³/mol. The van der Waals surface area contributed by atoms with Gasteiger partial charge < -0.3 is 0 Å². The molecule has 2 aromatic carbocycles. The fourth-order valence-electron chi connectivity index (χ4n) is 1.59. The van der Waals surface area contributed by atoms with Crippen LogP contribution in [0.2, 0.25) is 0 Å². The summed E-state index contributed by atoms with van der Waals surface area (Å²) in [5.41, 5.74) is 2.68. The zero-order valence-electron chi connectivity index (χ0n) is 11.5. The average molecular weight is 238 g/mol. The van der Waals surface area contributed by atoms with E-state index in [0.717, 1.165) is 0 Å². The van der Waals surface area contributed by atoms with Crippen LogP contribution in [-0.2, 0) is 0 Å². The van der Waals surface area contributed by atoms with Gasteiger partial charge in [-0.25, -0.2) is 0 Å². The van der Waals surface area contributed by atoms with Crippen LogP contribution in [0.3, 0.4) is 0 Å². The summed E-state index contributed by atoms with van der Waals surface area (Å²) in [5, 5.41) is 0. The van der Waals surface area contributed by atoms with Crippen LogP contribution in [0.1, 0.15) is 37.8 Å². The summed E-state index contributed by atoms with van der Waals surface area (Å²) in [5.74, 6) is 0.659. The van der Waals surface area contributed by atoms with Crippen molar-refractivity contribution in [2.45, 2.75) is 26.7 Å². The maximum Gasteiger partial charge on any atom is -0.0219 e. The van der Waals surface area contributed by atoms with Gasteiger partial charge in [-0.15, -0.1) is 0 Å². The quantitative estimate of drug-likeness (QED) is 0.645. The monoisotopic (exact) mass is 238 g/mol. The molecule has 0 bridgehead atoms. The molecular formula is C18H22. The molecule has 0 heterocycles. The summed E-state index contributed by atoms with van der Waals surface area (Å²) in [6, 6.07) is 20.8. The van der Waals surface area contributed by atoms with Crippen molar-refractivity contribution in [2.75, 3.05) is 0 Å². The molecular weight excluding hydrogens is 216 g/mol. The van der Waals surface area contributed by atoms with Gasteiger partial charge in [0, 0.05) is 0 Å². The SMILES string of the molecule is CC(C)c1ccccc1.CC=Cc1ccccc1. The second kappa shape index (κ2) is 8.30. The van der Waals surface area contributed by atoms with Crippen molar-refractivity contribution in [3.63, 3.8) is 0 Å². The molecule has 0 nitrogen and oxygen atoms in total. The molecule has 94 valence electrons. The van der Waals surface area contributed by atoms with Gasteiger partial charge in [-0.1, -0.05) is 86.7 Å². The minimum atomic E-state index is 0.659. The maximum absolute atomic E-state index is 2.20. The van der Waals surface area contributed by atoms with Gasteiger partial charge in [0.25, 0.3) is 0 Å². The van der Waals surface area contributed by atoms with Crippen molar-refractivity contribution in [3.05, 3.63) is 77.9 Å². The summed E-state index contributed by atoms with van der Waals surface area (Å²) in [7, 11) is 0. The van der Waals surface area contributed by atoms with E-state index in [1.165, 1.54) is 11.1 Å². The zero-order valence-corrected chi connectivity index (χ0v) is 11.5. The summed E-state index contributed by atoms with van der Waals surface area (Å²) in [4.78, 5) is 0. The number of benzene rings is 2. The molecule has 0 atom stereocenters. The van der Waals surface area contributed by atoms with E-state index >= 15 is 0 Å². The Balaban J connectivity index is 0.000000180. The molecule has 0 amide bonds. The third-order valence-electron chi connectivity index (χ3n) is 2.62. The van der Waals surface area contributed by atoms with Crippen LogP contribution in [0, 0.1) is 0 Å². The Bertz CT molecular complexity index is 438. The Morgan fingerprint density at radius 1 is 0.778 bits per heavy atom. The summed E-state index contributed by atoms with van der Waals surface area (Å²) >= 11 is 0. The van der Waals surface area contributed by atoms with Crippen LogP contribution in [0.4, 0.5) is 0 Å². The Hall–Kier alpha value is -1.82. The molecule has 0 saturated carbocycles. The van der Waals surface area contributed by atoms with E-state index in [1.807, 2.05) is 37.3 Å². The standard InChI is InChI=1S/C9H12.C9H10/c1-8(2)9-6-4-3-5-7-9;1-2-6-9-7-4-3-5-8-9/h3-8H,1-2H3;2-8H,1H3. The molecule has 0 unspecified atom stereocenters. The average Bonchev–Trinajstić information content (AvgIpc) is 2.42. The highest BCUT2D eigenvalue weighted by Crippen LogP contribution is 2.11. The molecule has 0 radical (unpaired) electrons. The first-order valence-electron chi connectivity index (χ1n) is 6.46. The third-order valence-corrected chi connectivity index (χ3v) is 2.62. The molecule has 0 aromatic heterocycles. The number of rotatable bonds is 2. The highest BCUT2D eigenvalue weighted by Gasteiger charge is 1.93. The molecule has 0 heteroatoms. The summed E-state index contributed by atoms with van der Waals surface area (Å²) in [6.07, 6.45) is 4.12. The first kappa shape index (κ1) is 14.2. The number of hydrogen-bond acceptors (Lipinski definition) is 0. The second-order valence-electron chi connectivity index (χ2n) is 4.48. The van der Waals surface area contributed by atoms with E-state index < -0.39 is 0 Å². The smallest absolute Gasteiger partial charge is 0.0219 e. The molecule has 0 aliphatic heterocycles. The lowest BCUT2D eigenvalue weighted by atomic mass is 10.0. The van der Waals surface area contributed by atoms with Crippen molar-refractivity contribution in [2.24, 2.45) is 0 Å². The van der Waals surface area contributed by atoms with Crippen LogP contribution in [-0.4, -0.2) is 0 Å². The van der Waals surface area contributed by atoms with Gasteiger partial charge in [-0.05, 0) is 24.0 Å². The largest absolute Gasteiger partial charge is 0.0871 e. The molecule has 0 N–H and O–H groups in total. The normalized spacial score (nSPS) is 10.2. The van der Waals surface area contributed by atoms with Crippen LogP contribution in [0.15, 0.2) is 66.7 Å². The third kappa shape index (κ3) is 5.49. The first-order valence-corrected chi connectivity index (χ1v) is 6.46. The number of allylic oxidation sites excluding steroid dienone is 1. The lowest BCUT2D eigenvalue weighted by Gasteiger charge is -2.01. The van der Waals surface area contributed by atoms with E-state index in [2.05, 4.69) is 56.3 Å². The lowest BCUT2D eigenvalue weighted by Crippen LogP contribution is -1.83. The lowest BCUT2D eigenvalue weighted by molar-refractivity contribution is 0.867. The predicted octanol–water partition coefficient (Wildman–Crippen LogP) is 5.53. The highest BCUT2D eigenvalue weighted by atomic mass is 14.0. The molecule has 0 saturated heterocycles. The molecule has 0 aliphatic rings. The fourth-order valence-corrected chi connectivity index (χ4v) is 1.59. The molecule has 0 spiro atoms. The van der Waals surface area contributed by atoms with E-state index in [4.69, 9.17) is 0 Å². The minimum Gasteiger partial charge on any atom is -0.0871 e. The zero-order chi connectivity index (χ0) is 13.2. The Kier molecular flexibility index (Phi) is 6.56. The topological polar surface area (TPSA) is 0 Å². The molecule has 18 heavy (non-hydrogen) atoms. The van der Waals surface area contributed by atoms with Crippen LogP contribution < -0.4 is 0 Å². The number of hydrogen-bond donors (Lipinski definition) is 0. The molecule has 0 fully saturated rings. The van der Waals surface area contributed by atoms with Gasteiger partial charge >= 0.3 is 0 Å². The Labute approximate surface area is 111 Å². The Morgan fingerprint density at radius 2 is 1.28 bits per heavy atom. The van der Waals surface area contributed by atoms with Gasteiger partial charge in [0.05, 0.1) is 0 Å². The van der Waals surface area contributed by atoms with Gasteiger partial charge in [0.2, 0.25) is 0 Å². The van der Waals surface area contributed by atoms with Gasteiger partial charge in [-0.3, -0.25) is 0 Å². The van der Waals surface area contributed by atoms with E-state index in [-0.39, 0.29) is 0 Å².